The van der Waals surface area contributed by atoms with Gasteiger partial charge in [0.2, 0.25) is 27.7 Å². The van der Waals surface area contributed by atoms with Crippen molar-refractivity contribution in [2.24, 2.45) is 11.8 Å². The zero-order valence-electron chi connectivity index (χ0n) is 33.0. The van der Waals surface area contributed by atoms with Gasteiger partial charge in [-0.05, 0) is 88.7 Å². The number of amides is 4. The Morgan fingerprint density at radius 1 is 0.931 bits per heavy atom. The molecule has 15 nitrogen and oxygen atoms in total. The lowest BCUT2D eigenvalue weighted by atomic mass is 9.73. The highest BCUT2D eigenvalue weighted by molar-refractivity contribution is 7.91. The number of hydrogen-bond acceptors (Lipinski definition) is 11. The molecule has 0 radical (unpaired) electrons. The molecule has 58 heavy (non-hydrogen) atoms. The Kier molecular flexibility index (Phi) is 11.6. The lowest BCUT2D eigenvalue weighted by molar-refractivity contribution is -0.142. The number of nitrogens with one attached hydrogen (secondary N) is 3. The van der Waals surface area contributed by atoms with E-state index in [2.05, 4.69) is 15.4 Å². The van der Waals surface area contributed by atoms with E-state index in [1.807, 2.05) is 24.3 Å². The molecular weight excluding hydrogens is 765 g/mol. The summed E-state index contributed by atoms with van der Waals surface area (Å²) in [6, 6.07) is 3.35. The van der Waals surface area contributed by atoms with Crippen LogP contribution < -0.4 is 24.8 Å². The Labute approximate surface area is 339 Å². The van der Waals surface area contributed by atoms with Crippen LogP contribution in [0, 0.1) is 11.8 Å². The highest BCUT2D eigenvalue weighted by atomic mass is 32.2. The molecular formula is C42H54N6O9S. The first-order valence-corrected chi connectivity index (χ1v) is 22.6. The molecule has 0 unspecified atom stereocenters. The lowest BCUT2D eigenvalue weighted by Crippen LogP contribution is -2.67. The number of hydrogen-bond donors (Lipinski definition) is 3. The zero-order chi connectivity index (χ0) is 40.4. The van der Waals surface area contributed by atoms with Crippen LogP contribution in [0.4, 0.5) is 4.79 Å². The van der Waals surface area contributed by atoms with Crippen LogP contribution in [0.25, 0.3) is 11.0 Å². The van der Waals surface area contributed by atoms with Gasteiger partial charge in [-0.3, -0.25) is 19.1 Å². The number of nitrogens with zero attached hydrogens (tertiary/aromatic N) is 3. The fraction of sp³-hybridized carbons (Fsp3) is 0.619. The minimum Gasteiger partial charge on any atom is -0.497 e. The Hall–Kier alpha value is -4.73. The molecule has 3 bridgehead atoms. The second-order valence-electron chi connectivity index (χ2n) is 16.7. The Morgan fingerprint density at radius 3 is 2.53 bits per heavy atom. The van der Waals surface area contributed by atoms with E-state index in [0.29, 0.717) is 66.9 Å². The van der Waals surface area contributed by atoms with E-state index in [0.717, 1.165) is 57.8 Å². The van der Waals surface area contributed by atoms with Crippen molar-refractivity contribution in [1.29, 1.82) is 0 Å². The third-order valence-corrected chi connectivity index (χ3v) is 14.5. The van der Waals surface area contributed by atoms with Gasteiger partial charge in [0.05, 0.1) is 29.9 Å². The monoisotopic (exact) mass is 818 g/mol. The van der Waals surface area contributed by atoms with Crippen LogP contribution in [0.5, 0.6) is 11.6 Å². The van der Waals surface area contributed by atoms with Gasteiger partial charge < -0.3 is 29.7 Å². The molecule has 7 atom stereocenters. The smallest absolute Gasteiger partial charge is 0.408 e. The van der Waals surface area contributed by atoms with Gasteiger partial charge in [0, 0.05) is 18.4 Å². The van der Waals surface area contributed by atoms with E-state index in [4.69, 9.17) is 24.2 Å². The summed E-state index contributed by atoms with van der Waals surface area (Å²) in [5.74, 6) is -1.43. The van der Waals surface area contributed by atoms with Crippen molar-refractivity contribution in [3.63, 3.8) is 0 Å². The number of benzene rings is 1. The number of allylic oxidation sites excluding steroid dienone is 1. The molecule has 1 saturated heterocycles. The van der Waals surface area contributed by atoms with Gasteiger partial charge in [-0.1, -0.05) is 50.0 Å². The van der Waals surface area contributed by atoms with Crippen molar-refractivity contribution >= 4 is 44.9 Å². The molecule has 1 aromatic heterocycles. The van der Waals surface area contributed by atoms with Crippen molar-refractivity contribution in [1.82, 2.24) is 30.2 Å². The number of aryl methyl sites for hydroxylation is 1. The number of sulfonamides is 1. The van der Waals surface area contributed by atoms with Gasteiger partial charge in [0.25, 0.3) is 5.91 Å². The maximum Gasteiger partial charge on any atom is 0.408 e. The van der Waals surface area contributed by atoms with Crippen LogP contribution in [0.2, 0.25) is 0 Å². The minimum absolute atomic E-state index is 0.0134. The molecule has 0 spiro atoms. The van der Waals surface area contributed by atoms with Crippen molar-refractivity contribution in [2.45, 2.75) is 138 Å². The van der Waals surface area contributed by atoms with E-state index >= 15 is 0 Å². The third kappa shape index (κ3) is 8.53. The predicted molar refractivity (Wildman–Crippen MR) is 213 cm³/mol. The quantitative estimate of drug-likeness (QED) is 0.367. The second-order valence-corrected chi connectivity index (χ2v) is 18.7. The van der Waals surface area contributed by atoms with Crippen molar-refractivity contribution in [2.75, 3.05) is 13.7 Å². The van der Waals surface area contributed by atoms with Crippen molar-refractivity contribution < 1.29 is 41.8 Å². The van der Waals surface area contributed by atoms with Crippen molar-refractivity contribution in [3.8, 4) is 11.6 Å². The largest absolute Gasteiger partial charge is 0.497 e. The summed E-state index contributed by atoms with van der Waals surface area (Å²) in [5, 5.41) is 5.13. The number of carbonyl (C=O) groups is 4. The molecule has 3 aliphatic carbocycles. The summed E-state index contributed by atoms with van der Waals surface area (Å²) in [7, 11) is -2.36. The third-order valence-electron chi connectivity index (χ3n) is 12.7. The first-order valence-electron chi connectivity index (χ1n) is 21.1. The first-order chi connectivity index (χ1) is 28.0. The number of ether oxygens (including phenoxy) is 3. The van der Waals surface area contributed by atoms with Gasteiger partial charge in [0.1, 0.15) is 41.3 Å². The van der Waals surface area contributed by atoms with Crippen LogP contribution in [-0.4, -0.2) is 95.8 Å². The van der Waals surface area contributed by atoms with Gasteiger partial charge in [-0.25, -0.2) is 23.2 Å². The van der Waals surface area contributed by atoms with Gasteiger partial charge in [-0.2, -0.15) is 0 Å². The summed E-state index contributed by atoms with van der Waals surface area (Å²) in [6.45, 7) is -0.0134. The number of fused-ring (bicyclic) bond motifs is 6. The highest BCUT2D eigenvalue weighted by Crippen LogP contribution is 2.37. The van der Waals surface area contributed by atoms with Gasteiger partial charge in [0.15, 0.2) is 0 Å². The molecule has 3 fully saturated rings. The molecule has 2 saturated carbocycles. The number of alkyl carbamates (subject to hydrolysis) is 1. The number of aromatic nitrogens is 2. The molecule has 16 heteroatoms. The normalized spacial score (nSPS) is 31.6. The maximum atomic E-state index is 14.8. The summed E-state index contributed by atoms with van der Waals surface area (Å²) in [4.78, 5) is 68.2. The topological polar surface area (TPSA) is 195 Å². The fourth-order valence-electron chi connectivity index (χ4n) is 9.12. The molecule has 2 aromatic rings. The van der Waals surface area contributed by atoms with Crippen LogP contribution in [0.1, 0.15) is 102 Å². The highest BCUT2D eigenvalue weighted by Gasteiger charge is 2.53. The van der Waals surface area contributed by atoms with Crippen LogP contribution >= 0.6 is 0 Å². The first kappa shape index (κ1) is 40.1. The maximum absolute atomic E-state index is 14.8. The zero-order valence-corrected chi connectivity index (χ0v) is 33.8. The van der Waals surface area contributed by atoms with E-state index in [1.54, 1.807) is 19.3 Å². The summed E-state index contributed by atoms with van der Waals surface area (Å²) in [6.07, 6.45) is 16.6. The van der Waals surface area contributed by atoms with Gasteiger partial charge in [-0.15, -0.1) is 0 Å². The summed E-state index contributed by atoms with van der Waals surface area (Å²) < 4.78 is 46.3. The molecule has 312 valence electrons. The average Bonchev–Trinajstić information content (AvgIpc) is 3.85. The Morgan fingerprint density at radius 2 is 1.74 bits per heavy atom. The van der Waals surface area contributed by atoms with E-state index in [1.165, 1.54) is 11.0 Å². The molecule has 4 heterocycles. The average molecular weight is 819 g/mol. The Bertz CT molecular complexity index is 2090. The van der Waals surface area contributed by atoms with Gasteiger partial charge >= 0.3 is 6.09 Å². The molecule has 8 rings (SSSR count). The molecule has 3 N–H and O–H groups in total. The predicted octanol–water partition coefficient (Wildman–Crippen LogP) is 4.54. The second kappa shape index (κ2) is 16.9. The molecule has 4 amide bonds. The number of rotatable bonds is 4. The lowest BCUT2D eigenvalue weighted by Gasteiger charge is -2.42. The minimum atomic E-state index is -3.94. The van der Waals surface area contributed by atoms with Crippen molar-refractivity contribution in [3.05, 3.63) is 48.2 Å². The summed E-state index contributed by atoms with van der Waals surface area (Å²) >= 11 is 0. The van der Waals surface area contributed by atoms with E-state index < -0.39 is 68.7 Å². The SMILES string of the molecule is COc1ccc2nc3c(nc2c1)O[C@@H]1C[C@H]2C(=O)N[C@]4(C(=O)NS(=O)(=O)C5CC5)C=C[C@H]4/C=C\CCCCC[C@H](NC(=O)O[C@@H]4CCC[C@H]4CCCCC3)C(=O)N2C1. The number of carbonyl (C=O) groups excluding carboxylic acids is 4. The van der Waals surface area contributed by atoms with Crippen LogP contribution in [0.3, 0.4) is 0 Å². The van der Waals surface area contributed by atoms with Crippen LogP contribution in [0.15, 0.2) is 42.5 Å². The van der Waals surface area contributed by atoms with E-state index in [9.17, 15) is 27.6 Å². The molecule has 6 aliphatic rings. The number of methoxy groups -OCH3 is 1. The molecule has 3 aliphatic heterocycles. The summed E-state index contributed by atoms with van der Waals surface area (Å²) in [5.41, 5.74) is 0.230. The van der Waals surface area contributed by atoms with E-state index in [-0.39, 0.29) is 25.0 Å². The standard InChI is InChI=1S/C42H54N6O9S/c1-55-28-17-20-31-34(23-28)44-38-32(43-31)14-9-5-6-11-26-12-10-16-36(26)57-41(52)45-33-15-8-4-2-3-7-13-27-21-22-42(27,40(51)47-58(53,54)30-18-19-30)46-37(49)35-24-29(56-38)25-48(35)39(33)50/h7,13,17,20-23,26-27,29-30,33,35-36H,2-6,8-12,14-16,18-19,24-25H2,1H3,(H,45,52)(H,46,49)(H,47,51)/b13-7-/t26-,27-,29-,33+,35+,36-,42-/m1/s1. The Balaban J connectivity index is 1.15. The van der Waals surface area contributed by atoms with Crippen LogP contribution in [-0.2, 0) is 35.6 Å². The fourth-order valence-corrected chi connectivity index (χ4v) is 10.5. The molecule has 1 aromatic carbocycles.